The van der Waals surface area contributed by atoms with E-state index in [2.05, 4.69) is 18.9 Å². The maximum atomic E-state index is 11.1. The molecule has 42 heavy (non-hydrogen) atoms. The molecule has 4 N–H and O–H groups in total. The van der Waals surface area contributed by atoms with Crippen LogP contribution in [0.1, 0.15) is 26.7 Å². The van der Waals surface area contributed by atoms with E-state index in [0.717, 1.165) is 24.3 Å². The second-order valence-electron chi connectivity index (χ2n) is 8.12. The molecule has 4 unspecified atom stereocenters. The lowest BCUT2D eigenvalue weighted by Crippen LogP contribution is -2.24. The lowest BCUT2D eigenvalue weighted by Gasteiger charge is -2.12. The highest BCUT2D eigenvalue weighted by Gasteiger charge is 2.09. The van der Waals surface area contributed by atoms with Crippen LogP contribution in [0, 0.1) is 0 Å². The Morgan fingerprint density at radius 1 is 0.500 bits per heavy atom. The van der Waals surface area contributed by atoms with Gasteiger partial charge in [-0.1, -0.05) is 13.8 Å². The SMILES string of the molecule is CCC(O)COCOCC(O)COC(=O)/C=C\C(=O)OC.CCC(O)COCOCC(O)COC(=O)/C=C\C(=O)OC. The fourth-order valence-electron chi connectivity index (χ4n) is 2.05. The molecule has 0 saturated heterocycles. The highest BCUT2D eigenvalue weighted by molar-refractivity contribution is 5.92. The Kier molecular flexibility index (Phi) is 27.6. The van der Waals surface area contributed by atoms with E-state index in [9.17, 15) is 39.6 Å². The fraction of sp³-hybridized carbons (Fsp3) is 0.692. The van der Waals surface area contributed by atoms with Crippen LogP contribution in [0.25, 0.3) is 0 Å². The number of ether oxygens (including phenoxy) is 8. The number of methoxy groups -OCH3 is 2. The molecular formula is C26H44O16. The van der Waals surface area contributed by atoms with Gasteiger partial charge in [0.2, 0.25) is 0 Å². The monoisotopic (exact) mass is 612 g/mol. The molecule has 0 rings (SSSR count). The van der Waals surface area contributed by atoms with E-state index in [0.29, 0.717) is 12.8 Å². The maximum Gasteiger partial charge on any atom is 0.331 e. The van der Waals surface area contributed by atoms with Crippen LogP contribution in [0.15, 0.2) is 24.3 Å². The van der Waals surface area contributed by atoms with Crippen LogP contribution >= 0.6 is 0 Å². The van der Waals surface area contributed by atoms with Gasteiger partial charge in [0.05, 0.1) is 52.9 Å². The maximum absolute atomic E-state index is 11.1. The van der Waals surface area contributed by atoms with Crippen molar-refractivity contribution in [2.24, 2.45) is 0 Å². The van der Waals surface area contributed by atoms with E-state index < -0.39 is 48.3 Å². The average Bonchev–Trinajstić information content (AvgIpc) is 2.99. The number of hydrogen-bond donors (Lipinski definition) is 4. The van der Waals surface area contributed by atoms with Crippen molar-refractivity contribution >= 4 is 23.9 Å². The lowest BCUT2D eigenvalue weighted by molar-refractivity contribution is -0.145. The highest BCUT2D eigenvalue weighted by atomic mass is 16.7. The number of aliphatic hydroxyl groups excluding tert-OH is 4. The van der Waals surface area contributed by atoms with Gasteiger partial charge in [-0.2, -0.15) is 0 Å². The molecule has 0 radical (unpaired) electrons. The lowest BCUT2D eigenvalue weighted by atomic mass is 10.3. The van der Waals surface area contributed by atoms with Gasteiger partial charge in [-0.25, -0.2) is 19.2 Å². The molecule has 0 aliphatic heterocycles. The van der Waals surface area contributed by atoms with Crippen LogP contribution in [0.5, 0.6) is 0 Å². The van der Waals surface area contributed by atoms with Crippen molar-refractivity contribution in [1.82, 2.24) is 0 Å². The van der Waals surface area contributed by atoms with Gasteiger partial charge in [-0.3, -0.25) is 0 Å². The zero-order chi connectivity index (χ0) is 32.2. The van der Waals surface area contributed by atoms with Crippen molar-refractivity contribution in [2.45, 2.75) is 51.1 Å². The molecule has 0 heterocycles. The minimum Gasteiger partial charge on any atom is -0.466 e. The summed E-state index contributed by atoms with van der Waals surface area (Å²) in [7, 11) is 2.36. The van der Waals surface area contributed by atoms with E-state index in [-0.39, 0.29) is 53.2 Å². The summed E-state index contributed by atoms with van der Waals surface area (Å²) >= 11 is 0. The standard InChI is InChI=1S/2C13H22O8/c2*1-3-10(14)6-19-9-20-7-11(15)8-21-13(17)5-4-12(16)18-2/h2*4-5,10-11,14-15H,3,6-9H2,1-2H3/b2*5-4-. The normalized spacial score (nSPS) is 13.9. The fourth-order valence-corrected chi connectivity index (χ4v) is 2.05. The summed E-state index contributed by atoms with van der Waals surface area (Å²) < 4.78 is 37.8. The number of hydrogen-bond acceptors (Lipinski definition) is 16. The quantitative estimate of drug-likeness (QED) is 0.0369. The van der Waals surface area contributed by atoms with Gasteiger partial charge in [0.1, 0.15) is 39.0 Å². The first-order valence-corrected chi connectivity index (χ1v) is 12.9. The smallest absolute Gasteiger partial charge is 0.331 e. The molecule has 0 aromatic rings. The highest BCUT2D eigenvalue weighted by Crippen LogP contribution is 1.95. The molecule has 0 saturated carbocycles. The summed E-state index contributed by atoms with van der Waals surface area (Å²) in [6.07, 6.45) is 1.68. The third kappa shape index (κ3) is 28.6. The van der Waals surface area contributed by atoms with Gasteiger partial charge < -0.3 is 58.3 Å². The van der Waals surface area contributed by atoms with Crippen LogP contribution < -0.4 is 0 Å². The Bertz CT molecular complexity index is 720. The Hall–Kier alpha value is -2.96. The largest absolute Gasteiger partial charge is 0.466 e. The van der Waals surface area contributed by atoms with Crippen LogP contribution in [-0.4, -0.2) is 136 Å². The molecule has 0 bridgehead atoms. The second kappa shape index (κ2) is 28.2. The van der Waals surface area contributed by atoms with Gasteiger partial charge in [0.15, 0.2) is 0 Å². The zero-order valence-electron chi connectivity index (χ0n) is 24.4. The van der Waals surface area contributed by atoms with Gasteiger partial charge in [-0.15, -0.1) is 0 Å². The molecule has 0 aromatic carbocycles. The van der Waals surface area contributed by atoms with E-state index in [1.807, 2.05) is 13.8 Å². The van der Waals surface area contributed by atoms with Crippen LogP contribution in [0.3, 0.4) is 0 Å². The summed E-state index contributed by atoms with van der Waals surface area (Å²) in [6.45, 7) is 3.06. The van der Waals surface area contributed by atoms with Crippen LogP contribution in [0.2, 0.25) is 0 Å². The summed E-state index contributed by atoms with van der Waals surface area (Å²) in [6, 6.07) is 0. The Balaban J connectivity index is 0. The molecule has 16 nitrogen and oxygen atoms in total. The molecule has 4 atom stereocenters. The van der Waals surface area contributed by atoms with Crippen molar-refractivity contribution in [3.8, 4) is 0 Å². The number of carbonyl (C=O) groups excluding carboxylic acids is 4. The first kappa shape index (κ1) is 41.2. The van der Waals surface area contributed by atoms with Gasteiger partial charge >= 0.3 is 23.9 Å². The Morgan fingerprint density at radius 3 is 1.07 bits per heavy atom. The van der Waals surface area contributed by atoms with E-state index >= 15 is 0 Å². The Labute approximate surface area is 244 Å². The third-order valence-electron chi connectivity index (χ3n) is 4.47. The average molecular weight is 613 g/mol. The number of carbonyl (C=O) groups is 4. The first-order valence-electron chi connectivity index (χ1n) is 12.9. The van der Waals surface area contributed by atoms with Gasteiger partial charge in [0, 0.05) is 24.3 Å². The van der Waals surface area contributed by atoms with Crippen LogP contribution in [-0.2, 0) is 57.1 Å². The minimum atomic E-state index is -1.01. The molecular weight excluding hydrogens is 568 g/mol. The summed E-state index contributed by atoms with van der Waals surface area (Å²) in [5.41, 5.74) is 0. The molecule has 0 aliphatic carbocycles. The molecule has 0 amide bonds. The Morgan fingerprint density at radius 2 is 0.786 bits per heavy atom. The van der Waals surface area contributed by atoms with Gasteiger partial charge in [-0.05, 0) is 12.8 Å². The van der Waals surface area contributed by atoms with E-state index in [4.69, 9.17) is 18.9 Å². The third-order valence-corrected chi connectivity index (χ3v) is 4.47. The van der Waals surface area contributed by atoms with Crippen molar-refractivity contribution in [3.63, 3.8) is 0 Å². The van der Waals surface area contributed by atoms with Crippen molar-refractivity contribution < 1.29 is 77.5 Å². The molecule has 0 fully saturated rings. The molecule has 0 aromatic heterocycles. The van der Waals surface area contributed by atoms with Crippen molar-refractivity contribution in [1.29, 1.82) is 0 Å². The number of aliphatic hydroxyl groups is 4. The van der Waals surface area contributed by atoms with Crippen LogP contribution in [0.4, 0.5) is 0 Å². The van der Waals surface area contributed by atoms with E-state index in [1.165, 1.54) is 14.2 Å². The second-order valence-corrected chi connectivity index (χ2v) is 8.12. The first-order chi connectivity index (χ1) is 20.0. The summed E-state index contributed by atoms with van der Waals surface area (Å²) in [5, 5.41) is 37.3. The predicted molar refractivity (Wildman–Crippen MR) is 142 cm³/mol. The molecule has 0 spiro atoms. The summed E-state index contributed by atoms with van der Waals surface area (Å²) in [4.78, 5) is 43.7. The predicted octanol–water partition coefficient (Wildman–Crippen LogP) is -1.24. The molecule has 0 aliphatic rings. The van der Waals surface area contributed by atoms with Crippen molar-refractivity contribution in [3.05, 3.63) is 24.3 Å². The zero-order valence-corrected chi connectivity index (χ0v) is 24.4. The molecule has 244 valence electrons. The molecule has 16 heteroatoms. The van der Waals surface area contributed by atoms with Gasteiger partial charge in [0.25, 0.3) is 0 Å². The number of esters is 4. The topological polar surface area (TPSA) is 223 Å². The minimum absolute atomic E-state index is 0.0791. The van der Waals surface area contributed by atoms with E-state index in [1.54, 1.807) is 0 Å². The number of rotatable bonds is 22. The summed E-state index contributed by atoms with van der Waals surface area (Å²) in [5.74, 6) is -2.91. The van der Waals surface area contributed by atoms with Crippen molar-refractivity contribution in [2.75, 3.05) is 67.4 Å².